The molecule has 1 amide bonds. The van der Waals surface area contributed by atoms with Gasteiger partial charge in [-0.3, -0.25) is 4.79 Å². The van der Waals surface area contributed by atoms with Crippen LogP contribution in [0.4, 0.5) is 0 Å². The lowest BCUT2D eigenvalue weighted by molar-refractivity contribution is -0.378. The quantitative estimate of drug-likeness (QED) is 0.232. The molecule has 9 atom stereocenters. The Balaban J connectivity index is 2.22. The second kappa shape index (κ2) is 7.13. The van der Waals surface area contributed by atoms with Crippen LogP contribution in [0.1, 0.15) is 0 Å². The maximum Gasteiger partial charge on any atom is 0.249 e. The van der Waals surface area contributed by atoms with E-state index in [-0.39, 0.29) is 0 Å². The first-order chi connectivity index (χ1) is 11.2. The molecule has 0 aromatic heterocycles. The van der Waals surface area contributed by atoms with Crippen molar-refractivity contribution in [2.45, 2.75) is 54.8 Å². The zero-order valence-electron chi connectivity index (χ0n) is 12.4. The predicted molar refractivity (Wildman–Crippen MR) is 70.8 cm³/mol. The van der Waals surface area contributed by atoms with Crippen molar-refractivity contribution in [3.63, 3.8) is 0 Å². The van der Waals surface area contributed by atoms with Crippen molar-refractivity contribution < 1.29 is 54.8 Å². The summed E-state index contributed by atoms with van der Waals surface area (Å²) in [5.41, 5.74) is 5.02. The van der Waals surface area contributed by atoms with E-state index in [1.165, 1.54) is 0 Å². The Bertz CT molecular complexity index is 464. The molecule has 2 aliphatic rings. The fraction of sp³-hybridized carbons (Fsp3) is 0.917. The van der Waals surface area contributed by atoms with Crippen molar-refractivity contribution in [3.8, 4) is 0 Å². The van der Waals surface area contributed by atoms with Gasteiger partial charge < -0.3 is 55.7 Å². The third-order valence-corrected chi connectivity index (χ3v) is 4.07. The molecule has 9 N–H and O–H groups in total. The number of ether oxygens (including phenoxy) is 3. The van der Waals surface area contributed by atoms with E-state index in [1.54, 1.807) is 0 Å². The summed E-state index contributed by atoms with van der Waals surface area (Å²) in [5.74, 6) is -3.45. The minimum Gasteiger partial charge on any atom is -0.394 e. The van der Waals surface area contributed by atoms with E-state index in [2.05, 4.69) is 0 Å². The number of hydrogen-bond donors (Lipinski definition) is 8. The summed E-state index contributed by atoms with van der Waals surface area (Å²) < 4.78 is 15.3. The summed E-state index contributed by atoms with van der Waals surface area (Å²) in [4.78, 5) is 11.2. The number of amides is 1. The van der Waals surface area contributed by atoms with Crippen molar-refractivity contribution in [2.75, 3.05) is 13.2 Å². The summed E-state index contributed by atoms with van der Waals surface area (Å²) in [7, 11) is 0. The first kappa shape index (κ1) is 19.4. The Hall–Kier alpha value is -0.930. The van der Waals surface area contributed by atoms with E-state index in [0.29, 0.717) is 0 Å². The fourth-order valence-corrected chi connectivity index (χ4v) is 2.65. The van der Waals surface area contributed by atoms with Gasteiger partial charge in [-0.1, -0.05) is 0 Å². The molecule has 2 saturated heterocycles. The second-order valence-corrected chi connectivity index (χ2v) is 5.66. The van der Waals surface area contributed by atoms with E-state index in [0.717, 1.165) is 0 Å². The highest BCUT2D eigenvalue weighted by molar-refractivity contribution is 5.79. The van der Waals surface area contributed by atoms with E-state index >= 15 is 0 Å². The van der Waals surface area contributed by atoms with Crippen molar-refractivity contribution in [2.24, 2.45) is 5.73 Å². The van der Waals surface area contributed by atoms with Crippen LogP contribution in [0.3, 0.4) is 0 Å². The van der Waals surface area contributed by atoms with Crippen LogP contribution in [0.25, 0.3) is 0 Å². The van der Waals surface area contributed by atoms with Gasteiger partial charge in [-0.05, 0) is 0 Å². The van der Waals surface area contributed by atoms with Crippen LogP contribution in [-0.2, 0) is 19.0 Å². The Morgan fingerprint density at radius 2 is 1.67 bits per heavy atom. The van der Waals surface area contributed by atoms with Gasteiger partial charge in [0.05, 0.1) is 6.61 Å². The van der Waals surface area contributed by atoms with E-state index in [4.69, 9.17) is 25.1 Å². The maximum atomic E-state index is 11.2. The third kappa shape index (κ3) is 3.13. The molecule has 0 bridgehead atoms. The predicted octanol–water partition coefficient (Wildman–Crippen LogP) is -5.90. The standard InChI is InChI=1S/C12H21NO11/c13-10(21)8-6(18)5(17)7(19)11(22-8)24-12(2-15)9(20)4(16)3(1-14)23-12/h3-9,11,14-20H,1-2H2,(H2,13,21)/t3-,4-,5+,6+,7-,8+,9+,11-,12+/m1/s1. The van der Waals surface area contributed by atoms with Gasteiger partial charge >= 0.3 is 0 Å². The van der Waals surface area contributed by atoms with Crippen molar-refractivity contribution in [3.05, 3.63) is 0 Å². The van der Waals surface area contributed by atoms with Gasteiger partial charge in [0.1, 0.15) is 43.2 Å². The monoisotopic (exact) mass is 355 g/mol. The van der Waals surface area contributed by atoms with Gasteiger partial charge in [0.15, 0.2) is 12.4 Å². The molecule has 0 aliphatic carbocycles. The van der Waals surface area contributed by atoms with Crippen LogP contribution < -0.4 is 5.73 Å². The maximum absolute atomic E-state index is 11.2. The minimum atomic E-state index is -2.30. The summed E-state index contributed by atoms with van der Waals surface area (Å²) >= 11 is 0. The Morgan fingerprint density at radius 3 is 2.12 bits per heavy atom. The van der Waals surface area contributed by atoms with Gasteiger partial charge in [0, 0.05) is 0 Å². The molecular formula is C12H21NO11. The highest BCUT2D eigenvalue weighted by atomic mass is 16.8. The smallest absolute Gasteiger partial charge is 0.249 e. The van der Waals surface area contributed by atoms with E-state index in [1.807, 2.05) is 0 Å². The molecule has 0 aromatic carbocycles. The molecule has 0 unspecified atom stereocenters. The molecule has 2 rings (SSSR count). The zero-order valence-corrected chi connectivity index (χ0v) is 12.4. The van der Waals surface area contributed by atoms with Gasteiger partial charge in [-0.2, -0.15) is 0 Å². The average Bonchev–Trinajstić information content (AvgIpc) is 2.80. The van der Waals surface area contributed by atoms with Gasteiger partial charge in [-0.25, -0.2) is 0 Å². The van der Waals surface area contributed by atoms with E-state index in [9.17, 15) is 35.4 Å². The summed E-state index contributed by atoms with van der Waals surface area (Å²) in [6.07, 6.45) is -13.9. The fourth-order valence-electron chi connectivity index (χ4n) is 2.65. The summed E-state index contributed by atoms with van der Waals surface area (Å²) in [5, 5.41) is 67.7. The molecule has 0 saturated carbocycles. The summed E-state index contributed by atoms with van der Waals surface area (Å²) in [6, 6.07) is 0. The highest BCUT2D eigenvalue weighted by Crippen LogP contribution is 2.35. The largest absolute Gasteiger partial charge is 0.394 e. The van der Waals surface area contributed by atoms with Gasteiger partial charge in [-0.15, -0.1) is 0 Å². The molecule has 12 nitrogen and oxygen atoms in total. The number of carbonyl (C=O) groups is 1. The van der Waals surface area contributed by atoms with Crippen LogP contribution in [0.5, 0.6) is 0 Å². The number of aliphatic hydroxyl groups excluding tert-OH is 7. The normalized spacial score (nSPS) is 49.3. The lowest BCUT2D eigenvalue weighted by Crippen LogP contribution is -2.64. The number of nitrogens with two attached hydrogens (primary N) is 1. The zero-order chi connectivity index (χ0) is 18.2. The summed E-state index contributed by atoms with van der Waals surface area (Å²) in [6.45, 7) is -1.73. The molecule has 2 aliphatic heterocycles. The topological polar surface area (TPSA) is 212 Å². The van der Waals surface area contributed by atoms with Crippen molar-refractivity contribution >= 4 is 5.91 Å². The average molecular weight is 355 g/mol. The van der Waals surface area contributed by atoms with Gasteiger partial charge in [0.25, 0.3) is 0 Å². The number of hydrogen-bond acceptors (Lipinski definition) is 11. The SMILES string of the molecule is NC(=O)[C@H]1O[C@H](O[C@]2(CO)O[C@H](CO)[C@@H](O)[C@@H]2O)[C@H](O)[C@@H](O)[C@@H]1O. The first-order valence-electron chi connectivity index (χ1n) is 7.11. The molecule has 2 fully saturated rings. The van der Waals surface area contributed by atoms with Gasteiger partial charge in [0.2, 0.25) is 11.7 Å². The van der Waals surface area contributed by atoms with E-state index < -0.39 is 73.9 Å². The third-order valence-electron chi connectivity index (χ3n) is 4.07. The lowest BCUT2D eigenvalue weighted by Gasteiger charge is -2.42. The van der Waals surface area contributed by atoms with Crippen LogP contribution in [0.15, 0.2) is 0 Å². The molecule has 12 heteroatoms. The van der Waals surface area contributed by atoms with Crippen LogP contribution in [0, 0.1) is 0 Å². The number of carbonyl (C=O) groups excluding carboxylic acids is 1. The molecular weight excluding hydrogens is 334 g/mol. The molecule has 140 valence electrons. The Morgan fingerprint density at radius 1 is 1.04 bits per heavy atom. The highest BCUT2D eigenvalue weighted by Gasteiger charge is 2.58. The first-order valence-corrected chi connectivity index (χ1v) is 7.11. The molecule has 2 heterocycles. The molecule has 0 aromatic rings. The van der Waals surface area contributed by atoms with Crippen molar-refractivity contribution in [1.82, 2.24) is 0 Å². The molecule has 0 radical (unpaired) electrons. The Kier molecular flexibility index (Phi) is 5.76. The van der Waals surface area contributed by atoms with Crippen LogP contribution in [-0.4, -0.2) is 110 Å². The number of rotatable bonds is 5. The number of primary amides is 1. The second-order valence-electron chi connectivity index (χ2n) is 5.66. The minimum absolute atomic E-state index is 0.706. The van der Waals surface area contributed by atoms with Crippen LogP contribution in [0.2, 0.25) is 0 Å². The van der Waals surface area contributed by atoms with Crippen LogP contribution >= 0.6 is 0 Å². The molecule has 0 spiro atoms. The lowest BCUT2D eigenvalue weighted by atomic mass is 9.98. The van der Waals surface area contributed by atoms with Crippen molar-refractivity contribution in [1.29, 1.82) is 0 Å². The number of aliphatic hydroxyl groups is 7. The Labute approximate surface area is 135 Å². The molecule has 24 heavy (non-hydrogen) atoms.